The van der Waals surface area contributed by atoms with E-state index < -0.39 is 0 Å². The third kappa shape index (κ3) is 5.03. The van der Waals surface area contributed by atoms with E-state index in [1.54, 1.807) is 7.11 Å². The monoisotopic (exact) mass is 437 g/mol. The molecule has 0 radical (unpaired) electrons. The van der Waals surface area contributed by atoms with Crippen molar-refractivity contribution in [1.29, 1.82) is 0 Å². The quantitative estimate of drug-likeness (QED) is 0.427. The first-order valence-electron chi connectivity index (χ1n) is 12.0. The van der Waals surface area contributed by atoms with E-state index in [9.17, 15) is 4.79 Å². The highest BCUT2D eigenvalue weighted by atomic mass is 16.5. The minimum atomic E-state index is 0.450. The standard InChI is InChI=1S/C25H35N5O2/c1-17-14-22-21(16-23(17)32-3)27-24(25-29-28-18(2)30(22)25)26-13-9-5-8-12-20(31)15-19-10-6-4-7-11-19/h14,16,19H,4-13,15H2,1-3H3,(H,26,27). The van der Waals surface area contributed by atoms with Gasteiger partial charge in [-0.3, -0.25) is 9.20 Å². The van der Waals surface area contributed by atoms with Crippen LogP contribution in [0, 0.1) is 19.8 Å². The van der Waals surface area contributed by atoms with Crippen LogP contribution in [0.1, 0.15) is 75.6 Å². The number of benzene rings is 1. The van der Waals surface area contributed by atoms with Gasteiger partial charge in [0.1, 0.15) is 17.4 Å². The number of unbranched alkanes of at least 4 members (excludes halogenated alkanes) is 2. The number of methoxy groups -OCH3 is 1. The molecule has 2 aromatic heterocycles. The first-order chi connectivity index (χ1) is 15.6. The van der Waals surface area contributed by atoms with Crippen LogP contribution in [-0.2, 0) is 4.79 Å². The molecular formula is C25H35N5O2. The number of nitrogens with zero attached hydrogens (tertiary/aromatic N) is 4. The Labute approximate surface area is 190 Å². The number of Topliss-reactive ketones (excluding diaryl/α,β-unsaturated/α-hetero) is 1. The van der Waals surface area contributed by atoms with Gasteiger partial charge in [0.2, 0.25) is 5.65 Å². The Morgan fingerprint density at radius 2 is 1.94 bits per heavy atom. The molecule has 0 aliphatic heterocycles. The van der Waals surface area contributed by atoms with E-state index in [1.807, 2.05) is 24.3 Å². The summed E-state index contributed by atoms with van der Waals surface area (Å²) in [5.74, 6) is 3.48. The lowest BCUT2D eigenvalue weighted by atomic mass is 9.85. The van der Waals surface area contributed by atoms with E-state index >= 15 is 0 Å². The van der Waals surface area contributed by atoms with Gasteiger partial charge in [-0.25, -0.2) is 4.98 Å². The van der Waals surface area contributed by atoms with Crippen LogP contribution >= 0.6 is 0 Å². The number of ether oxygens (including phenoxy) is 1. The molecule has 2 heterocycles. The first kappa shape index (κ1) is 22.5. The van der Waals surface area contributed by atoms with Crippen molar-refractivity contribution in [1.82, 2.24) is 19.6 Å². The summed E-state index contributed by atoms with van der Waals surface area (Å²) >= 11 is 0. The molecule has 1 aliphatic carbocycles. The molecule has 1 fully saturated rings. The molecule has 0 atom stereocenters. The zero-order valence-corrected chi connectivity index (χ0v) is 19.6. The van der Waals surface area contributed by atoms with Crippen LogP contribution in [-0.4, -0.2) is 39.0 Å². The van der Waals surface area contributed by atoms with Crippen molar-refractivity contribution >= 4 is 28.3 Å². The molecule has 1 aromatic carbocycles. The van der Waals surface area contributed by atoms with Gasteiger partial charge in [0.05, 0.1) is 18.1 Å². The first-order valence-corrected chi connectivity index (χ1v) is 12.0. The van der Waals surface area contributed by atoms with Crippen LogP contribution in [0.15, 0.2) is 12.1 Å². The fourth-order valence-electron chi connectivity index (χ4n) is 4.89. The highest BCUT2D eigenvalue weighted by Gasteiger charge is 2.17. The molecule has 3 aromatic rings. The predicted molar refractivity (Wildman–Crippen MR) is 127 cm³/mol. The lowest BCUT2D eigenvalue weighted by Gasteiger charge is -2.20. The number of carbonyl (C=O) groups is 1. The number of aromatic nitrogens is 4. The minimum Gasteiger partial charge on any atom is -0.496 e. The van der Waals surface area contributed by atoms with E-state index in [1.165, 1.54) is 32.1 Å². The smallest absolute Gasteiger partial charge is 0.204 e. The topological polar surface area (TPSA) is 81.4 Å². The molecule has 0 spiro atoms. The van der Waals surface area contributed by atoms with Gasteiger partial charge in [-0.15, -0.1) is 10.2 Å². The van der Waals surface area contributed by atoms with Crippen LogP contribution in [0.3, 0.4) is 0 Å². The van der Waals surface area contributed by atoms with Crippen molar-refractivity contribution in [3.63, 3.8) is 0 Å². The maximum absolute atomic E-state index is 12.3. The normalized spacial score (nSPS) is 14.8. The second-order valence-corrected chi connectivity index (χ2v) is 9.16. The van der Waals surface area contributed by atoms with E-state index in [4.69, 9.17) is 9.72 Å². The van der Waals surface area contributed by atoms with Crippen LogP contribution in [0.5, 0.6) is 5.75 Å². The Morgan fingerprint density at radius 3 is 2.72 bits per heavy atom. The molecule has 0 amide bonds. The fourth-order valence-corrected chi connectivity index (χ4v) is 4.89. The maximum atomic E-state index is 12.3. The highest BCUT2D eigenvalue weighted by molar-refractivity contribution is 5.85. The van der Waals surface area contributed by atoms with Crippen LogP contribution in [0.25, 0.3) is 16.7 Å². The second-order valence-electron chi connectivity index (χ2n) is 9.16. The SMILES string of the molecule is COc1cc2nc(NCCCCCC(=O)CC3CCCCC3)c3nnc(C)n3c2cc1C. The predicted octanol–water partition coefficient (Wildman–Crippen LogP) is 5.41. The van der Waals surface area contributed by atoms with E-state index in [2.05, 4.69) is 21.6 Å². The molecular weight excluding hydrogens is 402 g/mol. The summed E-state index contributed by atoms with van der Waals surface area (Å²) < 4.78 is 7.52. The highest BCUT2D eigenvalue weighted by Crippen LogP contribution is 2.28. The molecule has 1 saturated carbocycles. The number of ketones is 1. The van der Waals surface area contributed by atoms with Gasteiger partial charge in [0, 0.05) is 25.5 Å². The number of anilines is 1. The molecule has 172 valence electrons. The molecule has 32 heavy (non-hydrogen) atoms. The number of nitrogens with one attached hydrogen (secondary N) is 1. The third-order valence-electron chi connectivity index (χ3n) is 6.67. The van der Waals surface area contributed by atoms with Gasteiger partial charge in [-0.2, -0.15) is 0 Å². The van der Waals surface area contributed by atoms with Crippen molar-refractivity contribution in [2.24, 2.45) is 5.92 Å². The summed E-state index contributed by atoms with van der Waals surface area (Å²) in [6.07, 6.45) is 11.0. The Bertz CT molecular complexity index is 1090. The summed E-state index contributed by atoms with van der Waals surface area (Å²) in [6.45, 7) is 4.77. The molecule has 4 rings (SSSR count). The minimum absolute atomic E-state index is 0.450. The number of hydrogen-bond acceptors (Lipinski definition) is 6. The zero-order chi connectivity index (χ0) is 22.5. The van der Waals surface area contributed by atoms with Crippen molar-refractivity contribution in [2.45, 2.75) is 78.1 Å². The Morgan fingerprint density at radius 1 is 1.12 bits per heavy atom. The molecule has 7 heteroatoms. The molecule has 0 unspecified atom stereocenters. The number of rotatable bonds is 10. The fraction of sp³-hybridized carbons (Fsp3) is 0.600. The average Bonchev–Trinajstić information content (AvgIpc) is 3.18. The summed E-state index contributed by atoms with van der Waals surface area (Å²) in [4.78, 5) is 17.1. The van der Waals surface area contributed by atoms with E-state index in [0.717, 1.165) is 78.3 Å². The summed E-state index contributed by atoms with van der Waals surface area (Å²) in [7, 11) is 1.68. The number of aryl methyl sites for hydroxylation is 2. The number of hydrogen-bond donors (Lipinski definition) is 1. The second kappa shape index (κ2) is 10.3. The summed E-state index contributed by atoms with van der Waals surface area (Å²) in [5.41, 5.74) is 3.61. The lowest BCUT2D eigenvalue weighted by molar-refractivity contribution is -0.120. The van der Waals surface area contributed by atoms with Gasteiger partial charge in [-0.1, -0.05) is 38.5 Å². The maximum Gasteiger partial charge on any atom is 0.204 e. The number of fused-ring (bicyclic) bond motifs is 3. The summed E-state index contributed by atoms with van der Waals surface area (Å²) in [6, 6.07) is 4.03. The van der Waals surface area contributed by atoms with Gasteiger partial charge in [-0.05, 0) is 44.2 Å². The molecule has 0 saturated heterocycles. The number of carbonyl (C=O) groups excluding carboxylic acids is 1. The largest absolute Gasteiger partial charge is 0.496 e. The van der Waals surface area contributed by atoms with Crippen molar-refractivity contribution in [3.05, 3.63) is 23.5 Å². The van der Waals surface area contributed by atoms with Crippen molar-refractivity contribution in [3.8, 4) is 5.75 Å². The molecule has 0 bridgehead atoms. The van der Waals surface area contributed by atoms with Gasteiger partial charge >= 0.3 is 0 Å². The van der Waals surface area contributed by atoms with Crippen LogP contribution < -0.4 is 10.1 Å². The molecule has 1 aliphatic rings. The third-order valence-corrected chi connectivity index (χ3v) is 6.67. The van der Waals surface area contributed by atoms with Gasteiger partial charge < -0.3 is 10.1 Å². The average molecular weight is 438 g/mol. The van der Waals surface area contributed by atoms with Crippen LogP contribution in [0.4, 0.5) is 5.82 Å². The van der Waals surface area contributed by atoms with Crippen molar-refractivity contribution in [2.75, 3.05) is 19.0 Å². The Balaban J connectivity index is 1.33. The van der Waals surface area contributed by atoms with E-state index in [0.29, 0.717) is 11.7 Å². The molecule has 1 N–H and O–H groups in total. The Hall–Kier alpha value is -2.70. The van der Waals surface area contributed by atoms with Gasteiger partial charge in [0.15, 0.2) is 5.82 Å². The zero-order valence-electron chi connectivity index (χ0n) is 19.6. The summed E-state index contributed by atoms with van der Waals surface area (Å²) in [5, 5.41) is 12.1. The molecule has 7 nitrogen and oxygen atoms in total. The van der Waals surface area contributed by atoms with Crippen molar-refractivity contribution < 1.29 is 9.53 Å². The van der Waals surface area contributed by atoms with Gasteiger partial charge in [0.25, 0.3) is 0 Å². The van der Waals surface area contributed by atoms with Crippen LogP contribution in [0.2, 0.25) is 0 Å². The van der Waals surface area contributed by atoms with E-state index in [-0.39, 0.29) is 0 Å². The lowest BCUT2D eigenvalue weighted by Crippen LogP contribution is -2.12. The Kier molecular flexibility index (Phi) is 7.22.